The Morgan fingerprint density at radius 2 is 2.33 bits per heavy atom. The molecule has 0 bridgehead atoms. The minimum atomic E-state index is 0.649. The van der Waals surface area contributed by atoms with E-state index in [2.05, 4.69) is 34.4 Å². The third-order valence-electron chi connectivity index (χ3n) is 1.26. The van der Waals surface area contributed by atoms with E-state index in [0.717, 1.165) is 23.7 Å². The third kappa shape index (κ3) is 6.62. The highest BCUT2D eigenvalue weighted by Gasteiger charge is 1.91. The van der Waals surface area contributed by atoms with Gasteiger partial charge in [0.25, 0.3) is 0 Å². The van der Waals surface area contributed by atoms with Crippen molar-refractivity contribution in [2.75, 3.05) is 0 Å². The standard InChI is InChI=1S/C9H13BrClN/c1-3-5-6-9(11)12-7-8(10)4-2/h4,7H,2-3,5-6H2,1H3/b8-7+,12-9+. The second-order valence-electron chi connectivity index (χ2n) is 2.33. The van der Waals surface area contributed by atoms with Gasteiger partial charge in [0.2, 0.25) is 0 Å². The number of rotatable bonds is 5. The zero-order valence-electron chi connectivity index (χ0n) is 7.19. The van der Waals surface area contributed by atoms with Gasteiger partial charge < -0.3 is 0 Å². The van der Waals surface area contributed by atoms with Crippen molar-refractivity contribution in [3.8, 4) is 0 Å². The highest BCUT2D eigenvalue weighted by molar-refractivity contribution is 9.11. The van der Waals surface area contributed by atoms with Gasteiger partial charge >= 0.3 is 0 Å². The molecule has 0 amide bonds. The summed E-state index contributed by atoms with van der Waals surface area (Å²) in [5.41, 5.74) is 0. The zero-order chi connectivity index (χ0) is 9.40. The number of nitrogens with zero attached hydrogens (tertiary/aromatic N) is 1. The van der Waals surface area contributed by atoms with E-state index in [9.17, 15) is 0 Å². The van der Waals surface area contributed by atoms with Crippen LogP contribution in [-0.4, -0.2) is 5.17 Å². The Labute approximate surface area is 87.3 Å². The second kappa shape index (κ2) is 7.56. The first-order valence-corrected chi connectivity index (χ1v) is 5.08. The van der Waals surface area contributed by atoms with E-state index in [4.69, 9.17) is 11.6 Å². The van der Waals surface area contributed by atoms with Crippen LogP contribution in [0.2, 0.25) is 0 Å². The maximum Gasteiger partial charge on any atom is 0.106 e. The molecular weight excluding hydrogens is 237 g/mol. The molecule has 3 heteroatoms. The Balaban J connectivity index is 3.90. The fourth-order valence-electron chi connectivity index (χ4n) is 0.572. The number of halogens is 2. The van der Waals surface area contributed by atoms with Crippen LogP contribution in [-0.2, 0) is 0 Å². The molecule has 0 heterocycles. The molecule has 0 fully saturated rings. The van der Waals surface area contributed by atoms with Gasteiger partial charge in [-0.05, 0) is 22.4 Å². The molecule has 0 radical (unpaired) electrons. The molecule has 0 atom stereocenters. The van der Waals surface area contributed by atoms with Crippen LogP contribution in [0, 0.1) is 0 Å². The fraction of sp³-hybridized carbons (Fsp3) is 0.444. The summed E-state index contributed by atoms with van der Waals surface area (Å²) in [6.07, 6.45) is 6.41. The van der Waals surface area contributed by atoms with Crippen molar-refractivity contribution >= 4 is 32.7 Å². The van der Waals surface area contributed by atoms with Crippen molar-refractivity contribution in [3.63, 3.8) is 0 Å². The molecule has 0 aromatic heterocycles. The quantitative estimate of drug-likeness (QED) is 0.511. The maximum atomic E-state index is 5.81. The molecule has 0 spiro atoms. The molecule has 0 saturated carbocycles. The lowest BCUT2D eigenvalue weighted by Crippen LogP contribution is -1.85. The van der Waals surface area contributed by atoms with Crippen molar-refractivity contribution in [1.29, 1.82) is 0 Å². The Morgan fingerprint density at radius 1 is 1.67 bits per heavy atom. The number of aliphatic imine (C=N–C) groups is 1. The van der Waals surface area contributed by atoms with Gasteiger partial charge in [-0.3, -0.25) is 0 Å². The highest BCUT2D eigenvalue weighted by Crippen LogP contribution is 2.07. The molecule has 0 N–H and O–H groups in total. The SMILES string of the molecule is C=C/C(Br)=C\N=C(\Cl)CCCC. The summed E-state index contributed by atoms with van der Waals surface area (Å²) in [5.74, 6) is 0. The topological polar surface area (TPSA) is 12.4 Å². The van der Waals surface area contributed by atoms with Crippen molar-refractivity contribution in [2.24, 2.45) is 4.99 Å². The molecule has 0 aromatic rings. The van der Waals surface area contributed by atoms with Gasteiger partial charge in [-0.25, -0.2) is 4.99 Å². The Morgan fingerprint density at radius 3 is 2.83 bits per heavy atom. The van der Waals surface area contributed by atoms with Gasteiger partial charge in [-0.2, -0.15) is 0 Å². The van der Waals surface area contributed by atoms with Gasteiger partial charge in [-0.1, -0.05) is 37.6 Å². The lowest BCUT2D eigenvalue weighted by atomic mass is 10.3. The predicted octanol–water partition coefficient (Wildman–Crippen LogP) is 4.24. The molecule has 68 valence electrons. The number of hydrogen-bond acceptors (Lipinski definition) is 1. The summed E-state index contributed by atoms with van der Waals surface area (Å²) in [5, 5.41) is 0.649. The van der Waals surface area contributed by atoms with E-state index in [1.165, 1.54) is 0 Å². The molecule has 12 heavy (non-hydrogen) atoms. The van der Waals surface area contributed by atoms with E-state index >= 15 is 0 Å². The molecule has 0 aliphatic heterocycles. The van der Waals surface area contributed by atoms with Crippen molar-refractivity contribution in [2.45, 2.75) is 26.2 Å². The average Bonchev–Trinajstić information content (AvgIpc) is 2.10. The first-order valence-electron chi connectivity index (χ1n) is 3.91. The predicted molar refractivity (Wildman–Crippen MR) is 60.0 cm³/mol. The summed E-state index contributed by atoms with van der Waals surface area (Å²) in [4.78, 5) is 4.03. The first-order chi connectivity index (χ1) is 5.70. The first kappa shape index (κ1) is 11.9. The average molecular weight is 251 g/mol. The van der Waals surface area contributed by atoms with E-state index in [0.29, 0.717) is 5.17 Å². The third-order valence-corrected chi connectivity index (χ3v) is 2.07. The lowest BCUT2D eigenvalue weighted by Gasteiger charge is -1.93. The second-order valence-corrected chi connectivity index (χ2v) is 3.68. The smallest absolute Gasteiger partial charge is 0.106 e. The van der Waals surface area contributed by atoms with E-state index in [1.807, 2.05) is 0 Å². The van der Waals surface area contributed by atoms with Crippen molar-refractivity contribution in [3.05, 3.63) is 23.3 Å². The van der Waals surface area contributed by atoms with Gasteiger partial charge in [0.1, 0.15) is 5.17 Å². The van der Waals surface area contributed by atoms with E-state index < -0.39 is 0 Å². The summed E-state index contributed by atoms with van der Waals surface area (Å²) >= 11 is 9.06. The molecular formula is C9H13BrClN. The fourth-order valence-corrected chi connectivity index (χ4v) is 0.856. The molecule has 0 unspecified atom stereocenters. The van der Waals surface area contributed by atoms with Crippen LogP contribution in [0.1, 0.15) is 26.2 Å². The highest BCUT2D eigenvalue weighted by atomic mass is 79.9. The molecule has 0 rings (SSSR count). The summed E-state index contributed by atoms with van der Waals surface area (Å²) in [6.45, 7) is 5.70. The summed E-state index contributed by atoms with van der Waals surface area (Å²) in [7, 11) is 0. The van der Waals surface area contributed by atoms with Crippen LogP contribution in [0.3, 0.4) is 0 Å². The molecule has 0 aliphatic rings. The Bertz CT molecular complexity index is 197. The zero-order valence-corrected chi connectivity index (χ0v) is 9.53. The lowest BCUT2D eigenvalue weighted by molar-refractivity contribution is 0.840. The molecule has 0 aliphatic carbocycles. The van der Waals surface area contributed by atoms with Gasteiger partial charge in [0.15, 0.2) is 0 Å². The number of allylic oxidation sites excluding steroid dienone is 2. The van der Waals surface area contributed by atoms with E-state index in [1.54, 1.807) is 12.3 Å². The maximum absolute atomic E-state index is 5.81. The minimum absolute atomic E-state index is 0.649. The van der Waals surface area contributed by atoms with Gasteiger partial charge in [0, 0.05) is 17.1 Å². The molecule has 0 aromatic carbocycles. The monoisotopic (exact) mass is 249 g/mol. The Hall–Kier alpha value is -0.0800. The van der Waals surface area contributed by atoms with Crippen LogP contribution >= 0.6 is 27.5 Å². The molecule has 0 saturated heterocycles. The van der Waals surface area contributed by atoms with Gasteiger partial charge in [0.05, 0.1) is 0 Å². The van der Waals surface area contributed by atoms with Crippen LogP contribution < -0.4 is 0 Å². The van der Waals surface area contributed by atoms with Crippen LogP contribution in [0.5, 0.6) is 0 Å². The van der Waals surface area contributed by atoms with Crippen LogP contribution in [0.25, 0.3) is 0 Å². The van der Waals surface area contributed by atoms with E-state index in [-0.39, 0.29) is 0 Å². The van der Waals surface area contributed by atoms with Crippen LogP contribution in [0.4, 0.5) is 0 Å². The minimum Gasteiger partial charge on any atom is -0.248 e. The van der Waals surface area contributed by atoms with Crippen LogP contribution in [0.15, 0.2) is 28.3 Å². The van der Waals surface area contributed by atoms with Crippen molar-refractivity contribution in [1.82, 2.24) is 0 Å². The summed E-state index contributed by atoms with van der Waals surface area (Å²) in [6, 6.07) is 0. The van der Waals surface area contributed by atoms with Crippen molar-refractivity contribution < 1.29 is 0 Å². The van der Waals surface area contributed by atoms with Gasteiger partial charge in [-0.15, -0.1) is 0 Å². The normalized spacial score (nSPS) is 13.2. The number of hydrogen-bond donors (Lipinski definition) is 0. The number of unbranched alkanes of at least 4 members (excludes halogenated alkanes) is 1. The largest absolute Gasteiger partial charge is 0.248 e. The summed E-state index contributed by atoms with van der Waals surface area (Å²) < 4.78 is 0.845. The molecule has 1 nitrogen and oxygen atoms in total. The Kier molecular flexibility index (Phi) is 7.51.